The third-order valence-electron chi connectivity index (χ3n) is 4.62. The molecule has 1 amide bonds. The molecule has 0 saturated heterocycles. The molecule has 1 aromatic heterocycles. The van der Waals surface area contributed by atoms with Gasteiger partial charge in [-0.05, 0) is 56.1 Å². The third-order valence-corrected chi connectivity index (χ3v) is 4.62. The van der Waals surface area contributed by atoms with Crippen LogP contribution in [0.5, 0.6) is 0 Å². The van der Waals surface area contributed by atoms with Crippen LogP contribution >= 0.6 is 0 Å². The number of carbonyl (C=O) groups is 1. The summed E-state index contributed by atoms with van der Waals surface area (Å²) in [5, 5.41) is 3.11. The lowest BCUT2D eigenvalue weighted by molar-refractivity contribution is -0.123. The summed E-state index contributed by atoms with van der Waals surface area (Å²) in [6.45, 7) is 9.34. The van der Waals surface area contributed by atoms with Crippen molar-refractivity contribution in [3.05, 3.63) is 41.7 Å². The number of pyridine rings is 1. The van der Waals surface area contributed by atoms with E-state index in [9.17, 15) is 4.79 Å². The lowest BCUT2D eigenvalue weighted by atomic mass is 10.1. The Bertz CT molecular complexity index is 530. The molecule has 120 valence electrons. The zero-order valence-corrected chi connectivity index (χ0v) is 14.2. The molecule has 1 aliphatic carbocycles. The summed E-state index contributed by atoms with van der Waals surface area (Å²) in [5.74, 6) is 0.752. The van der Waals surface area contributed by atoms with E-state index in [4.69, 9.17) is 0 Å². The number of rotatable bonds is 7. The summed E-state index contributed by atoms with van der Waals surface area (Å²) in [7, 11) is 0. The van der Waals surface area contributed by atoms with Crippen molar-refractivity contribution >= 4 is 5.91 Å². The van der Waals surface area contributed by atoms with E-state index in [0.717, 1.165) is 25.8 Å². The fraction of sp³-hybridized carbons (Fsp3) is 0.579. The Hall–Kier alpha value is -1.64. The van der Waals surface area contributed by atoms with Crippen molar-refractivity contribution in [3.63, 3.8) is 0 Å². The molecule has 2 atom stereocenters. The van der Waals surface area contributed by atoms with Gasteiger partial charge in [0.2, 0.25) is 5.91 Å². The van der Waals surface area contributed by atoms with E-state index in [-0.39, 0.29) is 17.2 Å². The Morgan fingerprint density at radius 3 is 2.77 bits per heavy atom. The molecule has 0 spiro atoms. The Kier molecular flexibility index (Phi) is 5.38. The smallest absolute Gasteiger partial charge is 0.224 e. The van der Waals surface area contributed by atoms with Crippen molar-refractivity contribution in [2.75, 3.05) is 6.54 Å². The minimum Gasteiger partial charge on any atom is -0.356 e. The van der Waals surface area contributed by atoms with Crippen molar-refractivity contribution in [1.29, 1.82) is 0 Å². The summed E-state index contributed by atoms with van der Waals surface area (Å²) >= 11 is 0. The molecule has 0 radical (unpaired) electrons. The maximum absolute atomic E-state index is 12.3. The zero-order chi connectivity index (χ0) is 16.2. The van der Waals surface area contributed by atoms with Crippen molar-refractivity contribution in [2.45, 2.75) is 47.0 Å². The molecule has 22 heavy (non-hydrogen) atoms. The van der Waals surface area contributed by atoms with Crippen molar-refractivity contribution in [3.8, 4) is 0 Å². The monoisotopic (exact) mass is 300 g/mol. The fourth-order valence-corrected chi connectivity index (χ4v) is 3.17. The topological polar surface area (TPSA) is 42.0 Å². The number of amides is 1. The number of nitrogens with one attached hydrogen (secondary N) is 1. The molecule has 1 N–H and O–H groups in total. The molecule has 3 nitrogen and oxygen atoms in total. The molecule has 0 aromatic carbocycles. The number of unbranched alkanes of at least 4 members (excludes halogenated alkanes) is 1. The molecule has 1 aliphatic rings. The second kappa shape index (κ2) is 7.08. The van der Waals surface area contributed by atoms with Crippen LogP contribution in [-0.4, -0.2) is 17.4 Å². The normalized spacial score (nSPS) is 22.0. The van der Waals surface area contributed by atoms with Gasteiger partial charge in [0.1, 0.15) is 0 Å². The highest BCUT2D eigenvalue weighted by Crippen LogP contribution is 2.59. The highest BCUT2D eigenvalue weighted by Gasteiger charge is 2.60. The number of nitrogens with zero attached hydrogens (tertiary/aromatic N) is 1. The maximum atomic E-state index is 12.3. The van der Waals surface area contributed by atoms with Crippen LogP contribution in [0, 0.1) is 17.3 Å². The predicted molar refractivity (Wildman–Crippen MR) is 90.4 cm³/mol. The minimum absolute atomic E-state index is 0.108. The molecular formula is C19H28N2O. The molecule has 2 unspecified atom stereocenters. The van der Waals surface area contributed by atoms with Gasteiger partial charge in [0.15, 0.2) is 0 Å². The predicted octanol–water partition coefficient (Wildman–Crippen LogP) is 3.76. The SMILES string of the molecule is CC(C)=CC1C(C(=O)NCCCCc2cccnc2)C1(C)C. The fourth-order valence-electron chi connectivity index (χ4n) is 3.17. The van der Waals surface area contributed by atoms with Gasteiger partial charge in [-0.2, -0.15) is 0 Å². The number of aromatic nitrogens is 1. The summed E-state index contributed by atoms with van der Waals surface area (Å²) in [4.78, 5) is 16.4. The Morgan fingerprint density at radius 1 is 1.36 bits per heavy atom. The second-order valence-corrected chi connectivity index (χ2v) is 7.18. The van der Waals surface area contributed by atoms with Crippen LogP contribution in [0.3, 0.4) is 0 Å². The van der Waals surface area contributed by atoms with Crippen molar-refractivity contribution in [1.82, 2.24) is 10.3 Å². The quantitative estimate of drug-likeness (QED) is 0.615. The van der Waals surface area contributed by atoms with Gasteiger partial charge in [-0.15, -0.1) is 0 Å². The lowest BCUT2D eigenvalue weighted by Gasteiger charge is -2.06. The van der Waals surface area contributed by atoms with E-state index in [1.165, 1.54) is 11.1 Å². The lowest BCUT2D eigenvalue weighted by Crippen LogP contribution is -2.27. The molecule has 3 heteroatoms. The molecule has 1 fully saturated rings. The molecule has 1 saturated carbocycles. The van der Waals surface area contributed by atoms with E-state index >= 15 is 0 Å². The molecular weight excluding hydrogens is 272 g/mol. The summed E-state index contributed by atoms with van der Waals surface area (Å²) in [5.41, 5.74) is 2.67. The van der Waals surface area contributed by atoms with E-state index < -0.39 is 0 Å². The van der Waals surface area contributed by atoms with Crippen LogP contribution in [0.15, 0.2) is 36.2 Å². The average molecular weight is 300 g/mol. The Balaban J connectivity index is 1.67. The summed E-state index contributed by atoms with van der Waals surface area (Å²) < 4.78 is 0. The summed E-state index contributed by atoms with van der Waals surface area (Å²) in [6.07, 6.45) is 9.07. The van der Waals surface area contributed by atoms with E-state index in [2.05, 4.69) is 50.1 Å². The summed E-state index contributed by atoms with van der Waals surface area (Å²) in [6, 6.07) is 4.07. The third kappa shape index (κ3) is 4.19. The Morgan fingerprint density at radius 2 is 2.14 bits per heavy atom. The largest absolute Gasteiger partial charge is 0.356 e. The van der Waals surface area contributed by atoms with Crippen LogP contribution in [-0.2, 0) is 11.2 Å². The number of hydrogen-bond donors (Lipinski definition) is 1. The second-order valence-electron chi connectivity index (χ2n) is 7.18. The van der Waals surface area contributed by atoms with Gasteiger partial charge in [0.25, 0.3) is 0 Å². The average Bonchev–Trinajstić information content (AvgIpc) is 2.99. The standard InChI is InChI=1S/C19H28N2O/c1-14(2)12-16-17(19(16,3)4)18(22)21-11-6-5-8-15-9-7-10-20-13-15/h7,9-10,12-13,16-17H,5-6,8,11H2,1-4H3,(H,21,22). The first-order chi connectivity index (χ1) is 10.4. The molecule has 0 bridgehead atoms. The van der Waals surface area contributed by atoms with Crippen LogP contribution in [0.1, 0.15) is 46.1 Å². The first-order valence-electron chi connectivity index (χ1n) is 8.24. The van der Waals surface area contributed by atoms with E-state index in [1.807, 2.05) is 12.3 Å². The molecule has 2 rings (SSSR count). The van der Waals surface area contributed by atoms with Crippen LogP contribution < -0.4 is 5.32 Å². The highest BCUT2D eigenvalue weighted by molar-refractivity contribution is 5.83. The molecule has 0 aliphatic heterocycles. The van der Waals surface area contributed by atoms with Gasteiger partial charge in [0, 0.05) is 18.9 Å². The first-order valence-corrected chi connectivity index (χ1v) is 8.24. The molecule has 1 heterocycles. The molecule has 1 aromatic rings. The van der Waals surface area contributed by atoms with Gasteiger partial charge >= 0.3 is 0 Å². The first kappa shape index (κ1) is 16.7. The van der Waals surface area contributed by atoms with Gasteiger partial charge in [0.05, 0.1) is 5.92 Å². The number of carbonyl (C=O) groups excluding carboxylic acids is 1. The highest BCUT2D eigenvalue weighted by atomic mass is 16.2. The van der Waals surface area contributed by atoms with Gasteiger partial charge in [-0.3, -0.25) is 9.78 Å². The zero-order valence-electron chi connectivity index (χ0n) is 14.2. The van der Waals surface area contributed by atoms with Gasteiger partial charge in [-0.1, -0.05) is 31.6 Å². The maximum Gasteiger partial charge on any atom is 0.224 e. The van der Waals surface area contributed by atoms with E-state index in [0.29, 0.717) is 5.92 Å². The number of hydrogen-bond acceptors (Lipinski definition) is 2. The van der Waals surface area contributed by atoms with Crippen molar-refractivity contribution in [2.24, 2.45) is 17.3 Å². The minimum atomic E-state index is 0.108. The van der Waals surface area contributed by atoms with Gasteiger partial charge in [-0.25, -0.2) is 0 Å². The van der Waals surface area contributed by atoms with Crippen LogP contribution in [0.25, 0.3) is 0 Å². The number of allylic oxidation sites excluding steroid dienone is 2. The van der Waals surface area contributed by atoms with E-state index in [1.54, 1.807) is 6.20 Å². The Labute approximate surface area is 134 Å². The van der Waals surface area contributed by atoms with Crippen LogP contribution in [0.2, 0.25) is 0 Å². The van der Waals surface area contributed by atoms with Crippen molar-refractivity contribution < 1.29 is 4.79 Å². The van der Waals surface area contributed by atoms with Crippen LogP contribution in [0.4, 0.5) is 0 Å². The van der Waals surface area contributed by atoms with Gasteiger partial charge < -0.3 is 5.32 Å². The number of aryl methyl sites for hydroxylation is 1.